The Morgan fingerprint density at radius 3 is 2.44 bits per heavy atom. The fraction of sp³-hybridized carbons (Fsp3) is 0.300. The third-order valence-electron chi connectivity index (χ3n) is 4.02. The Kier molecular flexibility index (Phi) is 5.03. The van der Waals surface area contributed by atoms with Crippen LogP contribution in [-0.4, -0.2) is 31.1 Å². The Balaban J connectivity index is 1.54. The first kappa shape index (κ1) is 17.0. The standard InChI is InChI=1S/C20H20O5/c1-13(2)14-7-9-15(10-8-14)16(21)11-24-20(22)19-12-23-17-5-3-4-6-18(17)25-19/h3-10,13,19H,11-12H2,1-2H3/t19-/m0/s1. The van der Waals surface area contributed by atoms with Crippen LogP contribution in [-0.2, 0) is 9.53 Å². The lowest BCUT2D eigenvalue weighted by atomic mass is 10.0. The molecule has 0 fully saturated rings. The maximum atomic E-state index is 12.2. The summed E-state index contributed by atoms with van der Waals surface area (Å²) in [6.45, 7) is 3.92. The molecule has 3 rings (SSSR count). The van der Waals surface area contributed by atoms with Gasteiger partial charge in [0.1, 0.15) is 6.61 Å². The van der Waals surface area contributed by atoms with E-state index in [0.717, 1.165) is 5.56 Å². The molecule has 0 aromatic heterocycles. The highest BCUT2D eigenvalue weighted by Crippen LogP contribution is 2.31. The molecular weight excluding hydrogens is 320 g/mol. The van der Waals surface area contributed by atoms with Crippen LogP contribution in [0.2, 0.25) is 0 Å². The van der Waals surface area contributed by atoms with Crippen molar-refractivity contribution in [1.82, 2.24) is 0 Å². The zero-order valence-electron chi connectivity index (χ0n) is 14.2. The van der Waals surface area contributed by atoms with E-state index in [0.29, 0.717) is 23.0 Å². The normalized spacial score (nSPS) is 15.7. The zero-order valence-corrected chi connectivity index (χ0v) is 14.2. The van der Waals surface area contributed by atoms with Gasteiger partial charge < -0.3 is 14.2 Å². The number of carbonyl (C=O) groups is 2. The highest BCUT2D eigenvalue weighted by molar-refractivity contribution is 5.98. The van der Waals surface area contributed by atoms with E-state index in [1.165, 1.54) is 0 Å². The average Bonchev–Trinajstić information content (AvgIpc) is 2.65. The first-order valence-electron chi connectivity index (χ1n) is 8.23. The van der Waals surface area contributed by atoms with Crippen LogP contribution in [0, 0.1) is 0 Å². The maximum absolute atomic E-state index is 12.2. The van der Waals surface area contributed by atoms with E-state index < -0.39 is 12.1 Å². The minimum absolute atomic E-state index is 0.0626. The summed E-state index contributed by atoms with van der Waals surface area (Å²) < 4.78 is 16.1. The Hall–Kier alpha value is -2.82. The van der Waals surface area contributed by atoms with Gasteiger partial charge in [-0.05, 0) is 23.6 Å². The quantitative estimate of drug-likeness (QED) is 0.617. The summed E-state index contributed by atoms with van der Waals surface area (Å²) in [6, 6.07) is 14.4. The molecule has 0 unspecified atom stereocenters. The minimum Gasteiger partial charge on any atom is -0.485 e. The number of rotatable bonds is 5. The van der Waals surface area contributed by atoms with Gasteiger partial charge in [-0.2, -0.15) is 0 Å². The number of para-hydroxylation sites is 2. The van der Waals surface area contributed by atoms with E-state index in [4.69, 9.17) is 14.2 Å². The molecule has 0 aliphatic carbocycles. The summed E-state index contributed by atoms with van der Waals surface area (Å²) in [7, 11) is 0. The predicted molar refractivity (Wildman–Crippen MR) is 92.2 cm³/mol. The van der Waals surface area contributed by atoms with Crippen molar-refractivity contribution < 1.29 is 23.8 Å². The van der Waals surface area contributed by atoms with Gasteiger partial charge in [-0.3, -0.25) is 4.79 Å². The average molecular weight is 340 g/mol. The summed E-state index contributed by atoms with van der Waals surface area (Å²) in [4.78, 5) is 24.3. The third kappa shape index (κ3) is 3.99. The Morgan fingerprint density at radius 1 is 1.08 bits per heavy atom. The number of benzene rings is 2. The van der Waals surface area contributed by atoms with Crippen molar-refractivity contribution in [1.29, 1.82) is 0 Å². The van der Waals surface area contributed by atoms with E-state index in [9.17, 15) is 9.59 Å². The number of ether oxygens (including phenoxy) is 3. The van der Waals surface area contributed by atoms with Crippen molar-refractivity contribution in [3.63, 3.8) is 0 Å². The van der Waals surface area contributed by atoms with Crippen LogP contribution < -0.4 is 9.47 Å². The number of ketones is 1. The zero-order chi connectivity index (χ0) is 17.8. The first-order valence-corrected chi connectivity index (χ1v) is 8.23. The van der Waals surface area contributed by atoms with E-state index in [1.54, 1.807) is 30.3 Å². The molecule has 0 bridgehead atoms. The third-order valence-corrected chi connectivity index (χ3v) is 4.02. The second kappa shape index (κ2) is 7.38. The fourth-order valence-electron chi connectivity index (χ4n) is 2.50. The molecule has 0 N–H and O–H groups in total. The summed E-state index contributed by atoms with van der Waals surface area (Å²) >= 11 is 0. The number of esters is 1. The van der Waals surface area contributed by atoms with Crippen LogP contribution in [0.15, 0.2) is 48.5 Å². The smallest absolute Gasteiger partial charge is 0.351 e. The molecule has 1 heterocycles. The molecule has 0 amide bonds. The Morgan fingerprint density at radius 2 is 1.76 bits per heavy atom. The van der Waals surface area contributed by atoms with Crippen LogP contribution in [0.5, 0.6) is 11.5 Å². The molecule has 1 aliphatic rings. The van der Waals surface area contributed by atoms with Gasteiger partial charge in [0.2, 0.25) is 6.10 Å². The highest BCUT2D eigenvalue weighted by atomic mass is 16.6. The molecule has 0 saturated heterocycles. The monoisotopic (exact) mass is 340 g/mol. The molecule has 5 nitrogen and oxygen atoms in total. The molecule has 2 aromatic carbocycles. The van der Waals surface area contributed by atoms with Crippen LogP contribution in [0.25, 0.3) is 0 Å². The number of fused-ring (bicyclic) bond motifs is 1. The Labute approximate surface area is 146 Å². The maximum Gasteiger partial charge on any atom is 0.351 e. The lowest BCUT2D eigenvalue weighted by Crippen LogP contribution is -2.38. The predicted octanol–water partition coefficient (Wildman–Crippen LogP) is 3.38. The molecule has 1 atom stereocenters. The number of hydrogen-bond donors (Lipinski definition) is 0. The van der Waals surface area contributed by atoms with Crippen molar-refractivity contribution in [2.75, 3.05) is 13.2 Å². The van der Waals surface area contributed by atoms with Crippen molar-refractivity contribution in [3.05, 3.63) is 59.7 Å². The molecular formula is C20H20O5. The largest absolute Gasteiger partial charge is 0.485 e. The number of hydrogen-bond acceptors (Lipinski definition) is 5. The van der Waals surface area contributed by atoms with Crippen LogP contribution >= 0.6 is 0 Å². The van der Waals surface area contributed by atoms with Gasteiger partial charge >= 0.3 is 5.97 Å². The Bertz CT molecular complexity index is 764. The lowest BCUT2D eigenvalue weighted by Gasteiger charge is -2.24. The van der Waals surface area contributed by atoms with E-state index in [1.807, 2.05) is 18.2 Å². The van der Waals surface area contributed by atoms with Gasteiger partial charge in [-0.1, -0.05) is 50.2 Å². The highest BCUT2D eigenvalue weighted by Gasteiger charge is 2.29. The summed E-state index contributed by atoms with van der Waals surface area (Å²) in [5, 5.41) is 0. The number of Topliss-reactive ketones (excluding diaryl/α,β-unsaturated/α-hetero) is 1. The molecule has 25 heavy (non-hydrogen) atoms. The molecule has 2 aromatic rings. The molecule has 130 valence electrons. The first-order chi connectivity index (χ1) is 12.0. The minimum atomic E-state index is -0.869. The van der Waals surface area contributed by atoms with Crippen LogP contribution in [0.4, 0.5) is 0 Å². The van der Waals surface area contributed by atoms with Crippen molar-refractivity contribution in [2.45, 2.75) is 25.9 Å². The van der Waals surface area contributed by atoms with Gasteiger partial charge in [0.05, 0.1) is 0 Å². The number of carbonyl (C=O) groups excluding carboxylic acids is 2. The summed E-state index contributed by atoms with van der Waals surface area (Å²) in [5.74, 6) is 0.620. The second-order valence-corrected chi connectivity index (χ2v) is 6.17. The summed E-state index contributed by atoms with van der Waals surface area (Å²) in [6.07, 6.45) is -0.869. The van der Waals surface area contributed by atoms with E-state index in [-0.39, 0.29) is 19.0 Å². The van der Waals surface area contributed by atoms with Gasteiger partial charge in [0, 0.05) is 5.56 Å². The topological polar surface area (TPSA) is 61.8 Å². The van der Waals surface area contributed by atoms with Crippen molar-refractivity contribution in [3.8, 4) is 11.5 Å². The fourth-order valence-corrected chi connectivity index (χ4v) is 2.50. The lowest BCUT2D eigenvalue weighted by molar-refractivity contribution is -0.153. The van der Waals surface area contributed by atoms with E-state index >= 15 is 0 Å². The molecule has 0 spiro atoms. The molecule has 0 radical (unpaired) electrons. The van der Waals surface area contributed by atoms with Gasteiger partial charge in [-0.25, -0.2) is 4.79 Å². The van der Waals surface area contributed by atoms with Crippen molar-refractivity contribution >= 4 is 11.8 Å². The van der Waals surface area contributed by atoms with Gasteiger partial charge in [0.15, 0.2) is 23.9 Å². The molecule has 0 saturated carbocycles. The SMILES string of the molecule is CC(C)c1ccc(C(=O)COC(=O)[C@@H]2COc3ccccc3O2)cc1. The summed E-state index contributed by atoms with van der Waals surface area (Å²) in [5.41, 5.74) is 1.67. The molecule has 5 heteroatoms. The van der Waals surface area contributed by atoms with Gasteiger partial charge in [0.25, 0.3) is 0 Å². The van der Waals surface area contributed by atoms with Crippen LogP contribution in [0.3, 0.4) is 0 Å². The van der Waals surface area contributed by atoms with Crippen LogP contribution in [0.1, 0.15) is 35.7 Å². The second-order valence-electron chi connectivity index (χ2n) is 6.17. The van der Waals surface area contributed by atoms with Gasteiger partial charge in [-0.15, -0.1) is 0 Å². The van der Waals surface area contributed by atoms with Crippen molar-refractivity contribution in [2.24, 2.45) is 0 Å². The molecule has 1 aliphatic heterocycles. The van der Waals surface area contributed by atoms with E-state index in [2.05, 4.69) is 13.8 Å².